The number of rotatable bonds is 9. The number of nitrogens with zero attached hydrogens (tertiary/aromatic N) is 1. The van der Waals surface area contributed by atoms with Gasteiger partial charge < -0.3 is 5.32 Å². The van der Waals surface area contributed by atoms with E-state index in [9.17, 15) is 23.6 Å². The number of amides is 3. The van der Waals surface area contributed by atoms with Gasteiger partial charge in [0.05, 0.1) is 6.42 Å². The predicted molar refractivity (Wildman–Crippen MR) is 122 cm³/mol. The van der Waals surface area contributed by atoms with Gasteiger partial charge in [0.1, 0.15) is 5.82 Å². The largest absolute Gasteiger partial charge is 0.330 e. The first kappa shape index (κ1) is 25.3. The van der Waals surface area contributed by atoms with Crippen molar-refractivity contribution in [2.75, 3.05) is 5.32 Å². The van der Waals surface area contributed by atoms with E-state index in [1.807, 2.05) is 37.5 Å². The Kier molecular flexibility index (Phi) is 9.37. The van der Waals surface area contributed by atoms with Crippen LogP contribution < -0.4 is 22.0 Å². The van der Waals surface area contributed by atoms with Gasteiger partial charge in [0, 0.05) is 23.4 Å². The molecule has 9 nitrogen and oxygen atoms in total. The molecule has 0 heterocycles. The number of hydrazine groups is 1. The summed E-state index contributed by atoms with van der Waals surface area (Å²) in [5.41, 5.74) is 6.87. The molecule has 0 radical (unpaired) electrons. The van der Waals surface area contributed by atoms with E-state index in [1.165, 1.54) is 12.1 Å². The average molecular weight is 455 g/mol. The van der Waals surface area contributed by atoms with Gasteiger partial charge in [0.25, 0.3) is 0 Å². The lowest BCUT2D eigenvalue weighted by atomic mass is 10.0. The number of anilines is 1. The van der Waals surface area contributed by atoms with Crippen LogP contribution >= 0.6 is 0 Å². The summed E-state index contributed by atoms with van der Waals surface area (Å²) in [4.78, 5) is 47.8. The van der Waals surface area contributed by atoms with Crippen LogP contribution in [0.25, 0.3) is 0 Å². The summed E-state index contributed by atoms with van der Waals surface area (Å²) in [6, 6.07) is 10.7. The molecule has 0 bridgehead atoms. The lowest BCUT2D eigenvalue weighted by Gasteiger charge is -2.12. The molecule has 0 fully saturated rings. The van der Waals surface area contributed by atoms with Gasteiger partial charge in [-0.25, -0.2) is 15.7 Å². The van der Waals surface area contributed by atoms with Crippen molar-refractivity contribution in [3.8, 4) is 0 Å². The summed E-state index contributed by atoms with van der Waals surface area (Å²) in [5.74, 6) is 1.67. The zero-order valence-electron chi connectivity index (χ0n) is 18.4. The third kappa shape index (κ3) is 7.93. The number of carbonyl (C=O) groups is 4. The number of ketones is 1. The number of hydrazone groups is 1. The minimum Gasteiger partial charge on any atom is -0.326 e. The number of hydrogen-bond donors (Lipinski definition) is 4. The van der Waals surface area contributed by atoms with Crippen molar-refractivity contribution in [2.45, 2.75) is 39.5 Å². The standard InChI is InChI=1S/C23H26FN5O4/c1-14-5-3-6-15(2)21(14)26-20(31)8-4-7-18(28-29-23(33)22(32)27-25)13-19(30)16-9-11-17(24)12-10-16/h3,5-6,9-12H,4,7-8,13,25H2,1-2H3,(H,26,31)(H,27,32)(H,29,33)/b28-18-. The zero-order chi connectivity index (χ0) is 24.4. The molecule has 0 aliphatic rings. The summed E-state index contributed by atoms with van der Waals surface area (Å²) < 4.78 is 13.1. The van der Waals surface area contributed by atoms with E-state index in [-0.39, 0.29) is 42.2 Å². The number of benzene rings is 2. The van der Waals surface area contributed by atoms with Crippen LogP contribution in [-0.2, 0) is 14.4 Å². The summed E-state index contributed by atoms with van der Waals surface area (Å²) in [6.45, 7) is 3.79. The number of hydrogen-bond acceptors (Lipinski definition) is 6. The molecule has 0 aliphatic heterocycles. The molecule has 33 heavy (non-hydrogen) atoms. The number of Topliss-reactive ketones (excluding diaryl/α,β-unsaturated/α-hetero) is 1. The maximum Gasteiger partial charge on any atom is 0.330 e. The van der Waals surface area contributed by atoms with E-state index in [1.54, 1.807) is 5.43 Å². The number of nitrogens with two attached hydrogens (primary N) is 1. The minimum atomic E-state index is -1.10. The Hall–Kier alpha value is -3.92. The van der Waals surface area contributed by atoms with Gasteiger partial charge in [-0.15, -0.1) is 0 Å². The van der Waals surface area contributed by atoms with Crippen LogP contribution in [0.4, 0.5) is 10.1 Å². The molecule has 2 aromatic rings. The number of nitrogens with one attached hydrogen (secondary N) is 3. The third-order valence-electron chi connectivity index (χ3n) is 4.80. The molecule has 3 amide bonds. The molecular formula is C23H26FN5O4. The summed E-state index contributed by atoms with van der Waals surface area (Å²) in [6.07, 6.45) is 0.506. The first-order valence-electron chi connectivity index (χ1n) is 10.2. The summed E-state index contributed by atoms with van der Waals surface area (Å²) in [5, 5.41) is 6.74. The van der Waals surface area contributed by atoms with Crippen LogP contribution in [0.2, 0.25) is 0 Å². The molecule has 0 unspecified atom stereocenters. The molecule has 0 aliphatic carbocycles. The van der Waals surface area contributed by atoms with Crippen LogP contribution in [0.1, 0.15) is 47.2 Å². The monoisotopic (exact) mass is 455 g/mol. The molecule has 0 saturated heterocycles. The van der Waals surface area contributed by atoms with Crippen LogP contribution in [0.3, 0.4) is 0 Å². The Morgan fingerprint density at radius 2 is 1.58 bits per heavy atom. The van der Waals surface area contributed by atoms with Crippen LogP contribution in [-0.4, -0.2) is 29.2 Å². The summed E-state index contributed by atoms with van der Waals surface area (Å²) in [7, 11) is 0. The highest BCUT2D eigenvalue weighted by atomic mass is 19.1. The molecule has 2 rings (SSSR count). The first-order valence-corrected chi connectivity index (χ1v) is 10.2. The Balaban J connectivity index is 2.02. The van der Waals surface area contributed by atoms with Crippen LogP contribution in [0.15, 0.2) is 47.6 Å². The van der Waals surface area contributed by atoms with E-state index >= 15 is 0 Å². The smallest absolute Gasteiger partial charge is 0.326 e. The fourth-order valence-electron chi connectivity index (χ4n) is 3.02. The van der Waals surface area contributed by atoms with Gasteiger partial charge in [-0.05, 0) is 62.1 Å². The average Bonchev–Trinajstić information content (AvgIpc) is 2.79. The zero-order valence-corrected chi connectivity index (χ0v) is 18.4. The second kappa shape index (κ2) is 12.2. The topological polar surface area (TPSA) is 143 Å². The Labute approximate surface area is 190 Å². The van der Waals surface area contributed by atoms with Gasteiger partial charge >= 0.3 is 11.8 Å². The molecule has 0 aromatic heterocycles. The van der Waals surface area contributed by atoms with Gasteiger partial charge in [0.15, 0.2) is 5.78 Å². The van der Waals surface area contributed by atoms with E-state index in [0.29, 0.717) is 6.42 Å². The number of para-hydroxylation sites is 1. The molecule has 0 spiro atoms. The van der Waals surface area contributed by atoms with Crippen molar-refractivity contribution < 1.29 is 23.6 Å². The van der Waals surface area contributed by atoms with Gasteiger partial charge in [-0.3, -0.25) is 24.6 Å². The highest BCUT2D eigenvalue weighted by Crippen LogP contribution is 2.20. The number of carbonyl (C=O) groups excluding carboxylic acids is 4. The lowest BCUT2D eigenvalue weighted by Crippen LogP contribution is -2.41. The molecule has 10 heteroatoms. The first-order chi connectivity index (χ1) is 15.7. The van der Waals surface area contributed by atoms with Gasteiger partial charge in [-0.1, -0.05) is 18.2 Å². The lowest BCUT2D eigenvalue weighted by molar-refractivity contribution is -0.139. The minimum absolute atomic E-state index is 0.148. The van der Waals surface area contributed by atoms with Crippen molar-refractivity contribution in [2.24, 2.45) is 10.9 Å². The maximum atomic E-state index is 13.1. The second-order valence-electron chi connectivity index (χ2n) is 7.37. The Bertz CT molecular complexity index is 1050. The van der Waals surface area contributed by atoms with Crippen molar-refractivity contribution in [3.63, 3.8) is 0 Å². The van der Waals surface area contributed by atoms with Crippen LogP contribution in [0, 0.1) is 19.7 Å². The van der Waals surface area contributed by atoms with Crippen molar-refractivity contribution >= 4 is 34.9 Å². The second-order valence-corrected chi connectivity index (χ2v) is 7.37. The SMILES string of the molecule is Cc1cccc(C)c1NC(=O)CCC/C(CC(=O)c1ccc(F)cc1)=N/NC(=O)C(=O)NN. The highest BCUT2D eigenvalue weighted by Gasteiger charge is 2.15. The van der Waals surface area contributed by atoms with E-state index in [4.69, 9.17) is 5.84 Å². The molecule has 0 saturated carbocycles. The molecule has 174 valence electrons. The van der Waals surface area contributed by atoms with Crippen molar-refractivity contribution in [1.29, 1.82) is 0 Å². The van der Waals surface area contributed by atoms with E-state index in [2.05, 4.69) is 10.4 Å². The third-order valence-corrected chi connectivity index (χ3v) is 4.80. The molecule has 0 atom stereocenters. The summed E-state index contributed by atoms with van der Waals surface area (Å²) >= 11 is 0. The normalized spacial score (nSPS) is 11.0. The van der Waals surface area contributed by atoms with Gasteiger partial charge in [0.2, 0.25) is 5.91 Å². The molecule has 2 aromatic carbocycles. The molecule has 5 N–H and O–H groups in total. The van der Waals surface area contributed by atoms with E-state index < -0.39 is 17.6 Å². The van der Waals surface area contributed by atoms with E-state index in [0.717, 1.165) is 28.9 Å². The fourth-order valence-corrected chi connectivity index (χ4v) is 3.02. The number of aryl methyl sites for hydroxylation is 2. The van der Waals surface area contributed by atoms with Gasteiger partial charge in [-0.2, -0.15) is 5.10 Å². The maximum absolute atomic E-state index is 13.1. The highest BCUT2D eigenvalue weighted by molar-refractivity contribution is 6.34. The quantitative estimate of drug-likeness (QED) is 0.115. The molecular weight excluding hydrogens is 429 g/mol. The Morgan fingerprint density at radius 3 is 2.18 bits per heavy atom. The Morgan fingerprint density at radius 1 is 0.939 bits per heavy atom. The predicted octanol–water partition coefficient (Wildman–Crippen LogP) is 2.29. The van der Waals surface area contributed by atoms with Crippen molar-refractivity contribution in [1.82, 2.24) is 10.9 Å². The fraction of sp³-hybridized carbons (Fsp3) is 0.261. The van der Waals surface area contributed by atoms with Crippen molar-refractivity contribution in [3.05, 3.63) is 65.0 Å². The number of halogens is 1. The van der Waals surface area contributed by atoms with Crippen LogP contribution in [0.5, 0.6) is 0 Å².